The van der Waals surface area contributed by atoms with Gasteiger partial charge in [0, 0.05) is 23.2 Å². The summed E-state index contributed by atoms with van der Waals surface area (Å²) in [4.78, 5) is 1.30. The molecule has 0 heterocycles. The van der Waals surface area contributed by atoms with E-state index in [9.17, 15) is 0 Å². The van der Waals surface area contributed by atoms with Crippen molar-refractivity contribution < 1.29 is 4.74 Å². The van der Waals surface area contributed by atoms with Gasteiger partial charge in [-0.2, -0.15) is 0 Å². The van der Waals surface area contributed by atoms with Gasteiger partial charge in [-0.25, -0.2) is 0 Å². The number of hydrogen-bond donors (Lipinski definition) is 1. The molecule has 1 aromatic carbocycles. The molecule has 1 unspecified atom stereocenters. The van der Waals surface area contributed by atoms with Crippen molar-refractivity contribution in [3.63, 3.8) is 0 Å². The largest absolute Gasteiger partial charge is 0.497 e. The van der Waals surface area contributed by atoms with Crippen LogP contribution in [0.1, 0.15) is 20.3 Å². The zero-order chi connectivity index (χ0) is 11.8. The van der Waals surface area contributed by atoms with Crippen LogP contribution in [0.25, 0.3) is 0 Å². The van der Waals surface area contributed by atoms with Gasteiger partial charge in [-0.15, -0.1) is 11.8 Å². The lowest BCUT2D eigenvalue weighted by molar-refractivity contribution is 0.414. The predicted molar refractivity (Wildman–Crippen MR) is 71.5 cm³/mol. The van der Waals surface area contributed by atoms with Crippen molar-refractivity contribution in [2.24, 2.45) is 0 Å². The minimum absolute atomic E-state index is 0.622. The van der Waals surface area contributed by atoms with E-state index in [1.54, 1.807) is 7.11 Å². The maximum atomic E-state index is 5.12. The first-order valence-electron chi connectivity index (χ1n) is 5.76. The van der Waals surface area contributed by atoms with Crippen LogP contribution in [-0.2, 0) is 0 Å². The molecular weight excluding hydrogens is 218 g/mol. The first kappa shape index (κ1) is 13.4. The van der Waals surface area contributed by atoms with Gasteiger partial charge in [0.2, 0.25) is 0 Å². The first-order chi connectivity index (χ1) is 7.76. The summed E-state index contributed by atoms with van der Waals surface area (Å²) >= 11 is 1.87. The molecule has 0 radical (unpaired) electrons. The molecule has 2 nitrogen and oxygen atoms in total. The highest BCUT2D eigenvalue weighted by Crippen LogP contribution is 2.20. The number of rotatable bonds is 7. The fraction of sp³-hybridized carbons (Fsp3) is 0.538. The second-order valence-electron chi connectivity index (χ2n) is 3.79. The summed E-state index contributed by atoms with van der Waals surface area (Å²) < 4.78 is 5.12. The van der Waals surface area contributed by atoms with Gasteiger partial charge in [0.05, 0.1) is 7.11 Å². The average Bonchev–Trinajstić information content (AvgIpc) is 2.35. The van der Waals surface area contributed by atoms with E-state index in [1.807, 2.05) is 23.9 Å². The molecule has 90 valence electrons. The van der Waals surface area contributed by atoms with E-state index in [0.717, 1.165) is 18.0 Å². The lowest BCUT2D eigenvalue weighted by Crippen LogP contribution is -2.27. The van der Waals surface area contributed by atoms with Crippen molar-refractivity contribution >= 4 is 11.8 Å². The van der Waals surface area contributed by atoms with E-state index in [2.05, 4.69) is 31.3 Å². The number of thioether (sulfide) groups is 1. The van der Waals surface area contributed by atoms with Crippen molar-refractivity contribution in [1.29, 1.82) is 0 Å². The highest BCUT2D eigenvalue weighted by Gasteiger charge is 1.98. The minimum atomic E-state index is 0.622. The summed E-state index contributed by atoms with van der Waals surface area (Å²) in [5, 5.41) is 3.48. The van der Waals surface area contributed by atoms with Crippen LogP contribution in [0.3, 0.4) is 0 Å². The van der Waals surface area contributed by atoms with E-state index in [-0.39, 0.29) is 0 Å². The predicted octanol–water partition coefficient (Wildman–Crippen LogP) is 3.18. The van der Waals surface area contributed by atoms with Crippen molar-refractivity contribution in [2.45, 2.75) is 31.2 Å². The zero-order valence-corrected chi connectivity index (χ0v) is 11.1. The Hall–Kier alpha value is -0.670. The summed E-state index contributed by atoms with van der Waals surface area (Å²) in [5.74, 6) is 2.03. The van der Waals surface area contributed by atoms with Crippen LogP contribution in [0.15, 0.2) is 29.2 Å². The average molecular weight is 239 g/mol. The van der Waals surface area contributed by atoms with Crippen LogP contribution in [-0.4, -0.2) is 25.4 Å². The molecule has 0 amide bonds. The molecule has 0 aliphatic carbocycles. The number of hydrogen-bond acceptors (Lipinski definition) is 3. The number of ether oxygens (including phenoxy) is 1. The lowest BCUT2D eigenvalue weighted by Gasteiger charge is -2.10. The van der Waals surface area contributed by atoms with E-state index in [0.29, 0.717) is 6.04 Å². The Labute approximate surface area is 103 Å². The van der Waals surface area contributed by atoms with Crippen molar-refractivity contribution in [1.82, 2.24) is 5.32 Å². The number of nitrogens with one attached hydrogen (secondary N) is 1. The molecule has 0 bridgehead atoms. The van der Waals surface area contributed by atoms with Gasteiger partial charge in [0.25, 0.3) is 0 Å². The Morgan fingerprint density at radius 3 is 2.56 bits per heavy atom. The summed E-state index contributed by atoms with van der Waals surface area (Å²) in [6.07, 6.45) is 1.19. The number of methoxy groups -OCH3 is 1. The normalized spacial score (nSPS) is 12.4. The maximum absolute atomic E-state index is 5.12. The molecule has 0 fully saturated rings. The molecule has 1 N–H and O–H groups in total. The third-order valence-corrected chi connectivity index (χ3v) is 3.55. The van der Waals surface area contributed by atoms with Crippen LogP contribution in [0.4, 0.5) is 0 Å². The fourth-order valence-corrected chi connectivity index (χ4v) is 2.07. The van der Waals surface area contributed by atoms with Crippen LogP contribution in [0, 0.1) is 0 Å². The van der Waals surface area contributed by atoms with Crippen LogP contribution >= 0.6 is 11.8 Å². The molecule has 0 saturated heterocycles. The van der Waals surface area contributed by atoms with E-state index >= 15 is 0 Å². The minimum Gasteiger partial charge on any atom is -0.497 e. The smallest absolute Gasteiger partial charge is 0.118 e. The molecule has 0 spiro atoms. The summed E-state index contributed by atoms with van der Waals surface area (Å²) in [5.41, 5.74) is 0. The number of benzene rings is 1. The Bertz CT molecular complexity index is 286. The molecular formula is C13H21NOS. The second kappa shape index (κ2) is 7.58. The molecule has 0 aromatic heterocycles. The van der Waals surface area contributed by atoms with Crippen molar-refractivity contribution in [3.8, 4) is 5.75 Å². The second-order valence-corrected chi connectivity index (χ2v) is 4.96. The third-order valence-electron chi connectivity index (χ3n) is 2.54. The van der Waals surface area contributed by atoms with E-state index in [1.165, 1.54) is 11.3 Å². The van der Waals surface area contributed by atoms with Gasteiger partial charge in [-0.05, 0) is 37.6 Å². The third kappa shape index (κ3) is 4.90. The Morgan fingerprint density at radius 2 is 2.00 bits per heavy atom. The van der Waals surface area contributed by atoms with Gasteiger partial charge in [-0.3, -0.25) is 0 Å². The Morgan fingerprint density at radius 1 is 1.31 bits per heavy atom. The molecule has 0 aliphatic heterocycles. The highest BCUT2D eigenvalue weighted by atomic mass is 32.2. The van der Waals surface area contributed by atoms with E-state index < -0.39 is 0 Å². The zero-order valence-electron chi connectivity index (χ0n) is 10.3. The summed E-state index contributed by atoms with van der Waals surface area (Å²) in [6.45, 7) is 5.48. The van der Waals surface area contributed by atoms with Crippen LogP contribution in [0.2, 0.25) is 0 Å². The van der Waals surface area contributed by atoms with Gasteiger partial charge >= 0.3 is 0 Å². The van der Waals surface area contributed by atoms with Crippen molar-refractivity contribution in [3.05, 3.63) is 24.3 Å². The molecule has 1 rings (SSSR count). The van der Waals surface area contributed by atoms with Gasteiger partial charge < -0.3 is 10.1 Å². The quantitative estimate of drug-likeness (QED) is 0.583. The topological polar surface area (TPSA) is 21.3 Å². The fourth-order valence-electron chi connectivity index (χ4n) is 1.29. The van der Waals surface area contributed by atoms with Gasteiger partial charge in [0.1, 0.15) is 5.75 Å². The van der Waals surface area contributed by atoms with E-state index in [4.69, 9.17) is 4.74 Å². The molecule has 1 atom stereocenters. The highest BCUT2D eigenvalue weighted by molar-refractivity contribution is 7.99. The molecule has 1 aromatic rings. The SMILES string of the molecule is CCC(C)NCCSc1ccc(OC)cc1. The van der Waals surface area contributed by atoms with Gasteiger partial charge in [0.15, 0.2) is 0 Å². The molecule has 0 saturated carbocycles. The van der Waals surface area contributed by atoms with Crippen LogP contribution in [0.5, 0.6) is 5.75 Å². The molecule has 3 heteroatoms. The van der Waals surface area contributed by atoms with Gasteiger partial charge in [-0.1, -0.05) is 6.92 Å². The standard InChI is InChI=1S/C13H21NOS/c1-4-11(2)14-9-10-16-13-7-5-12(15-3)6-8-13/h5-8,11,14H,4,9-10H2,1-3H3. The summed E-state index contributed by atoms with van der Waals surface area (Å²) in [7, 11) is 1.69. The monoisotopic (exact) mass is 239 g/mol. The molecule has 0 aliphatic rings. The Balaban J connectivity index is 2.21. The Kier molecular flexibility index (Phi) is 6.34. The van der Waals surface area contributed by atoms with Crippen molar-refractivity contribution in [2.75, 3.05) is 19.4 Å². The summed E-state index contributed by atoms with van der Waals surface area (Å²) in [6, 6.07) is 8.84. The van der Waals surface area contributed by atoms with Crippen LogP contribution < -0.4 is 10.1 Å². The lowest BCUT2D eigenvalue weighted by atomic mass is 10.3. The molecule has 16 heavy (non-hydrogen) atoms. The first-order valence-corrected chi connectivity index (χ1v) is 6.75. The maximum Gasteiger partial charge on any atom is 0.118 e.